The van der Waals surface area contributed by atoms with Gasteiger partial charge in [-0.2, -0.15) is 4.91 Å². The number of hydrogen-bond donors (Lipinski definition) is 0. The van der Waals surface area contributed by atoms with E-state index in [-0.39, 0.29) is 0 Å². The minimum atomic E-state index is -0.722. The van der Waals surface area contributed by atoms with Crippen molar-refractivity contribution in [3.63, 3.8) is 0 Å². The van der Waals surface area contributed by atoms with Gasteiger partial charge in [0, 0.05) is 0 Å². The molecule has 0 unspecified atom stereocenters. The van der Waals surface area contributed by atoms with Gasteiger partial charge in [0.25, 0.3) is 0 Å². The summed E-state index contributed by atoms with van der Waals surface area (Å²) in [5, 5.41) is 1.52. The third-order valence-electron chi connectivity index (χ3n) is 4.11. The Balaban J connectivity index is 0.000000381. The Morgan fingerprint density at radius 3 is 1.67 bits per heavy atom. The summed E-state index contributed by atoms with van der Waals surface area (Å²) in [5.41, 5.74) is 1.02. The number of halogens is 2. The molecule has 1 aromatic carbocycles. The topological polar surface area (TPSA) is 0 Å². The third kappa shape index (κ3) is 7.90. The van der Waals surface area contributed by atoms with Crippen LogP contribution in [-0.2, 0) is 41.2 Å². The third-order valence-corrected chi connectivity index (χ3v) is 4.85. The van der Waals surface area contributed by atoms with Crippen LogP contribution in [0.1, 0.15) is 46.6 Å². The van der Waals surface area contributed by atoms with Crippen LogP contribution in [0.3, 0.4) is 0 Å². The predicted octanol–water partition coefficient (Wildman–Crippen LogP) is 6.82. The fourth-order valence-corrected chi connectivity index (χ4v) is 2.77. The second kappa shape index (κ2) is 13.8. The van der Waals surface area contributed by atoms with Crippen LogP contribution < -0.4 is 0 Å². The van der Waals surface area contributed by atoms with Gasteiger partial charge < -0.3 is 25.3 Å². The summed E-state index contributed by atoms with van der Waals surface area (Å²) in [7, 11) is 9.83. The fraction of sp³-hybridized carbons (Fsp3) is 0.316. The monoisotopic (exact) mass is 572 g/mol. The Morgan fingerprint density at radius 2 is 1.38 bits per heavy atom. The Kier molecular flexibility index (Phi) is 14.2. The second-order valence-electron chi connectivity index (χ2n) is 5.23. The number of benzene rings is 1. The molecular weight excluding hydrogens is 549 g/mol. The maximum atomic E-state index is 4.96. The van der Waals surface area contributed by atoms with Gasteiger partial charge >= 0.3 is 35.0 Å². The smallest absolute Gasteiger partial charge is 0.0468 e. The van der Waals surface area contributed by atoms with E-state index in [1.807, 2.05) is 30.3 Å². The Bertz CT molecular complexity index is 454. The molecule has 0 spiro atoms. The van der Waals surface area contributed by atoms with Gasteiger partial charge in [0.05, 0.1) is 0 Å². The molecule has 134 valence electrons. The van der Waals surface area contributed by atoms with Gasteiger partial charge in [-0.15, -0.1) is 0 Å². The quantitative estimate of drug-likeness (QED) is 0.357. The van der Waals surface area contributed by atoms with Crippen LogP contribution in [0.4, 0.5) is 0 Å². The summed E-state index contributed by atoms with van der Waals surface area (Å²) in [6, 6.07) is 9.74. The molecule has 0 heterocycles. The van der Waals surface area contributed by atoms with Crippen LogP contribution in [0.25, 0.3) is 4.91 Å². The minimum absolute atomic E-state index is 0.722. The molecule has 0 N–H and O–H groups in total. The van der Waals surface area contributed by atoms with Crippen molar-refractivity contribution in [2.24, 2.45) is 0 Å². The Labute approximate surface area is 176 Å². The molecule has 0 nitrogen and oxygen atoms in total. The van der Waals surface area contributed by atoms with Crippen molar-refractivity contribution in [1.82, 2.24) is 0 Å². The van der Waals surface area contributed by atoms with Gasteiger partial charge in [0.1, 0.15) is 0 Å². The summed E-state index contributed by atoms with van der Waals surface area (Å²) in [5.74, 6) is 7.53. The molecule has 1 aromatic rings. The van der Waals surface area contributed by atoms with E-state index in [1.165, 1.54) is 35.5 Å². The van der Waals surface area contributed by atoms with E-state index in [2.05, 4.69) is 34.6 Å². The summed E-state index contributed by atoms with van der Waals surface area (Å²) < 4.78 is 0. The van der Waals surface area contributed by atoms with Crippen LogP contribution in [-0.4, -0.2) is 0 Å². The molecule has 0 aliphatic heterocycles. The summed E-state index contributed by atoms with van der Waals surface area (Å²) in [6.45, 7) is 11.1. The Hall–Kier alpha value is 0.642. The van der Waals surface area contributed by atoms with E-state index >= 15 is 0 Å². The predicted molar refractivity (Wildman–Crippen MR) is 110 cm³/mol. The van der Waals surface area contributed by atoms with Gasteiger partial charge in [0.15, 0.2) is 0 Å². The summed E-state index contributed by atoms with van der Waals surface area (Å²) >= 11 is 8.93. The molecule has 2 rings (SSSR count). The van der Waals surface area contributed by atoms with E-state index in [9.17, 15) is 0 Å². The molecule has 1 saturated carbocycles. The molecule has 0 amide bonds. The molecule has 0 saturated heterocycles. The molecule has 1 aliphatic carbocycles. The van der Waals surface area contributed by atoms with Crippen LogP contribution in [0, 0.1) is 29.6 Å². The molecule has 5 radical (unpaired) electrons. The largest absolute Gasteiger partial charge is 0.789 e. The Morgan fingerprint density at radius 1 is 0.958 bits per heavy atom. The maximum Gasteiger partial charge on any atom is -0.0468 e. The maximum absolute atomic E-state index is 4.96. The van der Waals surface area contributed by atoms with Crippen molar-refractivity contribution in [2.75, 3.05) is 0 Å². The first-order valence-electron chi connectivity index (χ1n) is 7.49. The van der Waals surface area contributed by atoms with Gasteiger partial charge in [-0.05, 0) is 41.6 Å². The molecule has 0 atom stereocenters. The van der Waals surface area contributed by atoms with E-state index in [1.54, 1.807) is 5.92 Å². The van der Waals surface area contributed by atoms with Gasteiger partial charge in [-0.25, -0.2) is 5.41 Å². The van der Waals surface area contributed by atoms with Crippen LogP contribution in [0.15, 0.2) is 35.7 Å². The van der Waals surface area contributed by atoms with Crippen molar-refractivity contribution < 1.29 is 15.9 Å². The first-order valence-corrected chi connectivity index (χ1v) is 15.1. The van der Waals surface area contributed by atoms with E-state index in [0.29, 0.717) is 0 Å². The van der Waals surface area contributed by atoms with Gasteiger partial charge in [-0.3, -0.25) is 0 Å². The first kappa shape index (κ1) is 24.6. The molecule has 1 aliphatic rings. The second-order valence-corrected chi connectivity index (χ2v) is 9.83. The zero-order valence-corrected chi connectivity index (χ0v) is 20.5. The van der Waals surface area contributed by atoms with Crippen molar-refractivity contribution in [3.8, 4) is 0 Å². The molecule has 0 aromatic heterocycles. The number of rotatable bonds is 2. The summed E-state index contributed by atoms with van der Waals surface area (Å²) in [4.78, 5) is 0.732. The van der Waals surface area contributed by atoms with Crippen LogP contribution in [0.2, 0.25) is 0 Å². The van der Waals surface area contributed by atoms with Gasteiger partial charge in [0.2, 0.25) is 0 Å². The van der Waals surface area contributed by atoms with E-state index < -0.39 is 15.9 Å². The van der Waals surface area contributed by atoms with Crippen molar-refractivity contribution in [1.29, 1.82) is 0 Å². The molecule has 5 heteroatoms. The standard InChI is InChI=1S/C11H17.C8H8S2.2ClH.Re/c1-6-11-9(4)7(2)8(3)10(11)5;9-6-8(10)7-4-2-1-3-5-7;;;/h6H2,1-5H3;1-6,9-10H;2*1H;/q;;;;+2/p-4/b;8-6-;;;. The molecule has 0 bridgehead atoms. The average molecular weight is 573 g/mol. The average Bonchev–Trinajstić information content (AvgIpc) is 2.79. The molecule has 1 fully saturated rings. The van der Waals surface area contributed by atoms with E-state index in [4.69, 9.17) is 44.3 Å². The van der Waals surface area contributed by atoms with Gasteiger partial charge in [-0.1, -0.05) is 65.0 Å². The zero-order valence-electron chi connectivity index (χ0n) is 14.6. The molecule has 24 heavy (non-hydrogen) atoms. The zero-order chi connectivity index (χ0) is 18.7. The minimum Gasteiger partial charge on any atom is -0.789 e. The normalized spacial score (nSPS) is 17.9. The van der Waals surface area contributed by atoms with Crippen LogP contribution >= 0.6 is 19.1 Å². The molecular formula is C19H23Cl2ReS2-2. The van der Waals surface area contributed by atoms with Crippen molar-refractivity contribution in [3.05, 3.63) is 70.9 Å². The first-order chi connectivity index (χ1) is 11.3. The van der Waals surface area contributed by atoms with Crippen molar-refractivity contribution in [2.45, 2.75) is 41.0 Å². The van der Waals surface area contributed by atoms with E-state index in [0.717, 1.165) is 10.5 Å². The SMILES string of the molecule is CC[C]1[C](C)[C](C)[C](C)[C]1C.[Cl][Re][Cl].[S-]/C=C(\[S-])c1ccccc1. The summed E-state index contributed by atoms with van der Waals surface area (Å²) in [6.07, 6.45) is 1.17. The van der Waals surface area contributed by atoms with Crippen molar-refractivity contribution >= 4 is 49.2 Å². The number of hydrogen-bond acceptors (Lipinski definition) is 2. The van der Waals surface area contributed by atoms with Crippen LogP contribution in [0.5, 0.6) is 0 Å². The fourth-order valence-electron chi connectivity index (χ4n) is 2.50.